The van der Waals surface area contributed by atoms with Crippen molar-refractivity contribution in [3.8, 4) is 0 Å². The van der Waals surface area contributed by atoms with Gasteiger partial charge in [-0.3, -0.25) is 15.0 Å². The van der Waals surface area contributed by atoms with E-state index in [1.807, 2.05) is 4.90 Å². The molecule has 1 heterocycles. The molecule has 3 N–H and O–H groups in total. The van der Waals surface area contributed by atoms with Crippen molar-refractivity contribution in [3.05, 3.63) is 93.2 Å². The fraction of sp³-hybridized carbons (Fsp3) is 0.125. The summed E-state index contributed by atoms with van der Waals surface area (Å²) in [5.41, 5.74) is 0.996. The van der Waals surface area contributed by atoms with Gasteiger partial charge in [0.2, 0.25) is 0 Å². The van der Waals surface area contributed by atoms with Crippen LogP contribution in [0.5, 0.6) is 0 Å². The molecule has 4 rings (SSSR count). The lowest BCUT2D eigenvalue weighted by Crippen LogP contribution is -2.42. The zero-order chi connectivity index (χ0) is 23.5. The van der Waals surface area contributed by atoms with Crippen LogP contribution >= 0.6 is 23.2 Å². The number of nitrogens with zero attached hydrogens (tertiary/aromatic N) is 1. The smallest absolute Gasteiger partial charge is 0.258 e. The van der Waals surface area contributed by atoms with Crippen molar-refractivity contribution in [1.29, 1.82) is 5.41 Å². The van der Waals surface area contributed by atoms with Gasteiger partial charge >= 0.3 is 0 Å². The number of carbonyl (C=O) groups excluding carboxylic acids is 2. The van der Waals surface area contributed by atoms with Gasteiger partial charge in [-0.2, -0.15) is 0 Å². The molecule has 0 saturated carbocycles. The molecular formula is C24H19Cl2FN4O2. The van der Waals surface area contributed by atoms with Gasteiger partial charge in [0.25, 0.3) is 11.8 Å². The monoisotopic (exact) mass is 484 g/mol. The summed E-state index contributed by atoms with van der Waals surface area (Å²) >= 11 is 11.9. The fourth-order valence-corrected chi connectivity index (χ4v) is 3.60. The highest BCUT2D eigenvalue weighted by atomic mass is 35.5. The van der Waals surface area contributed by atoms with E-state index in [4.69, 9.17) is 28.6 Å². The first-order chi connectivity index (χ1) is 15.8. The number of amidine groups is 1. The summed E-state index contributed by atoms with van der Waals surface area (Å²) in [6.45, 7) is 1.53. The van der Waals surface area contributed by atoms with Gasteiger partial charge in [-0.05, 0) is 61.0 Å². The number of hydrogen-bond acceptors (Lipinski definition) is 3. The van der Waals surface area contributed by atoms with Gasteiger partial charge < -0.3 is 15.5 Å². The summed E-state index contributed by atoms with van der Waals surface area (Å²) in [4.78, 5) is 27.4. The average Bonchev–Trinajstić information content (AvgIpc) is 2.75. The first-order valence-electron chi connectivity index (χ1n) is 10.1. The number of amides is 2. The summed E-state index contributed by atoms with van der Waals surface area (Å²) in [5.74, 6) is -1.76. The van der Waals surface area contributed by atoms with Gasteiger partial charge in [0.15, 0.2) is 0 Å². The summed E-state index contributed by atoms with van der Waals surface area (Å²) in [7, 11) is 0. The van der Waals surface area contributed by atoms with Crippen LogP contribution in [-0.4, -0.2) is 35.6 Å². The molecule has 9 heteroatoms. The SMILES string of the molecule is N=C(c1ccc(C(=O)Nc2ccc(Cl)cc2C(=O)Nc2ccc(Cl)cc2)c(F)c1)N1CCC1. The van der Waals surface area contributed by atoms with Crippen LogP contribution in [0.1, 0.15) is 32.7 Å². The summed E-state index contributed by atoms with van der Waals surface area (Å²) in [5, 5.41) is 14.2. The number of carbonyl (C=O) groups is 2. The maximum absolute atomic E-state index is 14.7. The zero-order valence-corrected chi connectivity index (χ0v) is 18.8. The third-order valence-corrected chi connectivity index (χ3v) is 5.72. The minimum Gasteiger partial charge on any atom is -0.356 e. The van der Waals surface area contributed by atoms with E-state index in [1.54, 1.807) is 24.3 Å². The predicted molar refractivity (Wildman–Crippen MR) is 128 cm³/mol. The van der Waals surface area contributed by atoms with E-state index in [0.717, 1.165) is 19.5 Å². The van der Waals surface area contributed by atoms with Crippen molar-refractivity contribution in [1.82, 2.24) is 4.90 Å². The minimum atomic E-state index is -0.753. The molecule has 3 aromatic carbocycles. The van der Waals surface area contributed by atoms with Crippen LogP contribution in [0.3, 0.4) is 0 Å². The first kappa shape index (κ1) is 22.8. The topological polar surface area (TPSA) is 85.3 Å². The Morgan fingerprint density at radius 3 is 2.15 bits per heavy atom. The molecule has 3 aromatic rings. The Labute approximate surface area is 199 Å². The molecule has 1 aliphatic rings. The molecule has 1 fully saturated rings. The highest BCUT2D eigenvalue weighted by Gasteiger charge is 2.21. The number of benzene rings is 3. The fourth-order valence-electron chi connectivity index (χ4n) is 3.30. The molecule has 0 unspecified atom stereocenters. The van der Waals surface area contributed by atoms with E-state index < -0.39 is 17.6 Å². The van der Waals surface area contributed by atoms with E-state index >= 15 is 0 Å². The first-order valence-corrected chi connectivity index (χ1v) is 10.9. The number of anilines is 2. The zero-order valence-electron chi connectivity index (χ0n) is 17.3. The van der Waals surface area contributed by atoms with E-state index in [-0.39, 0.29) is 22.6 Å². The number of hydrogen-bond donors (Lipinski definition) is 3. The van der Waals surface area contributed by atoms with Gasteiger partial charge in [0, 0.05) is 34.4 Å². The summed E-state index contributed by atoms with van der Waals surface area (Å²) < 4.78 is 14.7. The predicted octanol–water partition coefficient (Wildman–Crippen LogP) is 5.67. The van der Waals surface area contributed by atoms with Crippen LogP contribution < -0.4 is 10.6 Å². The molecule has 0 spiro atoms. The molecule has 0 radical (unpaired) electrons. The lowest BCUT2D eigenvalue weighted by molar-refractivity contribution is 0.102. The van der Waals surface area contributed by atoms with E-state index in [2.05, 4.69) is 10.6 Å². The van der Waals surface area contributed by atoms with Gasteiger partial charge in [-0.25, -0.2) is 4.39 Å². The Morgan fingerprint density at radius 2 is 1.52 bits per heavy atom. The highest BCUT2D eigenvalue weighted by Crippen LogP contribution is 2.24. The molecule has 0 aliphatic carbocycles. The second-order valence-corrected chi connectivity index (χ2v) is 8.36. The molecule has 1 aliphatic heterocycles. The molecule has 1 saturated heterocycles. The molecule has 168 valence electrons. The molecule has 0 bridgehead atoms. The van der Waals surface area contributed by atoms with Crippen LogP contribution in [0.4, 0.5) is 15.8 Å². The number of likely N-dealkylation sites (tertiary alicyclic amines) is 1. The third-order valence-electron chi connectivity index (χ3n) is 5.24. The maximum Gasteiger partial charge on any atom is 0.258 e. The van der Waals surface area contributed by atoms with Crippen LogP contribution in [0.15, 0.2) is 60.7 Å². The van der Waals surface area contributed by atoms with E-state index in [1.165, 1.54) is 36.4 Å². The lowest BCUT2D eigenvalue weighted by Gasteiger charge is -2.33. The van der Waals surface area contributed by atoms with Crippen LogP contribution in [0.25, 0.3) is 0 Å². The minimum absolute atomic E-state index is 0.113. The van der Waals surface area contributed by atoms with Crippen molar-refractivity contribution in [2.45, 2.75) is 6.42 Å². The standard InChI is InChI=1S/C24H19Cl2FN4O2/c25-15-3-6-17(7-4-15)29-24(33)19-13-16(26)5-9-21(19)30-23(32)18-8-2-14(12-20(18)27)22(28)31-10-1-11-31/h2-9,12-13,28H,1,10-11H2,(H,29,33)(H,30,32). The van der Waals surface area contributed by atoms with Gasteiger partial charge in [0.1, 0.15) is 11.7 Å². The largest absolute Gasteiger partial charge is 0.356 e. The molecule has 6 nitrogen and oxygen atoms in total. The highest BCUT2D eigenvalue weighted by molar-refractivity contribution is 6.31. The number of rotatable bonds is 5. The quantitative estimate of drug-likeness (QED) is 0.322. The van der Waals surface area contributed by atoms with Crippen LogP contribution in [-0.2, 0) is 0 Å². The Bertz CT molecular complexity index is 1240. The summed E-state index contributed by atoms with van der Waals surface area (Å²) in [6.07, 6.45) is 1.00. The number of nitrogens with one attached hydrogen (secondary N) is 3. The summed E-state index contributed by atoms with van der Waals surface area (Å²) in [6, 6.07) is 15.0. The van der Waals surface area contributed by atoms with Crippen molar-refractivity contribution in [2.75, 3.05) is 23.7 Å². The molecule has 0 aromatic heterocycles. The van der Waals surface area contributed by atoms with Gasteiger partial charge in [-0.1, -0.05) is 29.3 Å². The number of halogens is 3. The van der Waals surface area contributed by atoms with E-state index in [9.17, 15) is 14.0 Å². The van der Waals surface area contributed by atoms with Crippen LogP contribution in [0.2, 0.25) is 10.0 Å². The Balaban J connectivity index is 1.53. The molecule has 0 atom stereocenters. The van der Waals surface area contributed by atoms with Crippen molar-refractivity contribution in [3.63, 3.8) is 0 Å². The van der Waals surface area contributed by atoms with Crippen molar-refractivity contribution in [2.24, 2.45) is 0 Å². The van der Waals surface area contributed by atoms with E-state index in [0.29, 0.717) is 21.3 Å². The van der Waals surface area contributed by atoms with Crippen molar-refractivity contribution < 1.29 is 14.0 Å². The third kappa shape index (κ3) is 5.16. The molecule has 2 amide bonds. The van der Waals surface area contributed by atoms with Crippen molar-refractivity contribution >= 4 is 52.2 Å². The van der Waals surface area contributed by atoms with Crippen LogP contribution in [0, 0.1) is 11.2 Å². The molecular weight excluding hydrogens is 466 g/mol. The Morgan fingerprint density at radius 1 is 0.848 bits per heavy atom. The second-order valence-electron chi connectivity index (χ2n) is 7.49. The Hall–Kier alpha value is -3.42. The average molecular weight is 485 g/mol. The maximum atomic E-state index is 14.7. The normalized spacial score (nSPS) is 12.6. The molecule has 33 heavy (non-hydrogen) atoms. The van der Waals surface area contributed by atoms with Gasteiger partial charge in [0.05, 0.1) is 16.8 Å². The lowest BCUT2D eigenvalue weighted by atomic mass is 10.1. The second kappa shape index (κ2) is 9.60. The Kier molecular flexibility index (Phi) is 6.62. The van der Waals surface area contributed by atoms with Gasteiger partial charge in [-0.15, -0.1) is 0 Å².